The van der Waals surface area contributed by atoms with Gasteiger partial charge in [0.1, 0.15) is 0 Å². The number of piperazine rings is 1. The summed E-state index contributed by atoms with van der Waals surface area (Å²) in [5.41, 5.74) is 0.854. The van der Waals surface area contributed by atoms with Gasteiger partial charge < -0.3 is 10.2 Å². The number of anilines is 1. The fourth-order valence-electron chi connectivity index (χ4n) is 3.90. The van der Waals surface area contributed by atoms with Gasteiger partial charge in [-0.2, -0.15) is 0 Å². The molecular formula is C18H23N3O2S. The standard InChI is InChI=1S/C18H23N3O2S/c22-17(21-10-9-20-8-4-3-5-13(20)12-21)11-16-18(23)19-14-6-1-2-7-15(14)24-16/h1-2,6-7,13,16H,3-5,8-12H2,(H,19,23)/t13-,16-/m1/s1. The molecule has 128 valence electrons. The highest BCUT2D eigenvalue weighted by molar-refractivity contribution is 8.01. The molecule has 2 fully saturated rings. The highest BCUT2D eigenvalue weighted by Crippen LogP contribution is 2.37. The number of fused-ring (bicyclic) bond motifs is 2. The van der Waals surface area contributed by atoms with Crippen LogP contribution in [-0.4, -0.2) is 59.1 Å². The van der Waals surface area contributed by atoms with Gasteiger partial charge in [-0.05, 0) is 31.5 Å². The van der Waals surface area contributed by atoms with Crippen LogP contribution in [-0.2, 0) is 9.59 Å². The smallest absolute Gasteiger partial charge is 0.238 e. The molecule has 0 radical (unpaired) electrons. The molecule has 0 aromatic heterocycles. The second-order valence-corrected chi connectivity index (χ2v) is 8.07. The number of carbonyl (C=O) groups excluding carboxylic acids is 2. The van der Waals surface area contributed by atoms with E-state index in [9.17, 15) is 9.59 Å². The number of benzene rings is 1. The molecule has 0 bridgehead atoms. The zero-order valence-corrected chi connectivity index (χ0v) is 14.6. The first-order valence-corrected chi connectivity index (χ1v) is 9.67. The number of hydrogen-bond donors (Lipinski definition) is 1. The Labute approximate surface area is 146 Å². The van der Waals surface area contributed by atoms with Crippen LogP contribution < -0.4 is 5.32 Å². The van der Waals surface area contributed by atoms with E-state index in [1.807, 2.05) is 29.2 Å². The molecule has 5 nitrogen and oxygen atoms in total. The van der Waals surface area contributed by atoms with Gasteiger partial charge in [-0.1, -0.05) is 18.6 Å². The van der Waals surface area contributed by atoms with Gasteiger partial charge in [-0.3, -0.25) is 14.5 Å². The number of hydrogen-bond acceptors (Lipinski definition) is 4. The van der Waals surface area contributed by atoms with Crippen molar-refractivity contribution in [3.05, 3.63) is 24.3 Å². The fraction of sp³-hybridized carbons (Fsp3) is 0.556. The summed E-state index contributed by atoms with van der Waals surface area (Å²) in [5, 5.41) is 2.60. The molecule has 2 saturated heterocycles. The molecule has 1 aromatic carbocycles. The molecule has 3 aliphatic heterocycles. The lowest BCUT2D eigenvalue weighted by atomic mass is 9.99. The number of carbonyl (C=O) groups is 2. The van der Waals surface area contributed by atoms with Crippen molar-refractivity contribution in [2.45, 2.75) is 41.9 Å². The van der Waals surface area contributed by atoms with Crippen LogP contribution in [0.4, 0.5) is 5.69 Å². The van der Waals surface area contributed by atoms with Crippen molar-refractivity contribution in [3.63, 3.8) is 0 Å². The van der Waals surface area contributed by atoms with Crippen LogP contribution >= 0.6 is 11.8 Å². The minimum absolute atomic E-state index is 0.0525. The van der Waals surface area contributed by atoms with Gasteiger partial charge in [-0.25, -0.2) is 0 Å². The lowest BCUT2D eigenvalue weighted by Crippen LogP contribution is -2.56. The summed E-state index contributed by atoms with van der Waals surface area (Å²) in [7, 11) is 0. The lowest BCUT2D eigenvalue weighted by Gasteiger charge is -2.44. The van der Waals surface area contributed by atoms with Crippen molar-refractivity contribution in [3.8, 4) is 0 Å². The molecule has 6 heteroatoms. The van der Waals surface area contributed by atoms with E-state index in [0.717, 1.165) is 30.2 Å². The van der Waals surface area contributed by atoms with Crippen molar-refractivity contribution >= 4 is 29.3 Å². The summed E-state index contributed by atoms with van der Waals surface area (Å²) in [6.45, 7) is 3.77. The third-order valence-electron chi connectivity index (χ3n) is 5.26. The van der Waals surface area contributed by atoms with Crippen molar-refractivity contribution in [2.24, 2.45) is 0 Å². The largest absolute Gasteiger partial charge is 0.340 e. The summed E-state index contributed by atoms with van der Waals surface area (Å²) in [4.78, 5) is 30.5. The third-order valence-corrected chi connectivity index (χ3v) is 6.53. The zero-order chi connectivity index (χ0) is 16.5. The van der Waals surface area contributed by atoms with Gasteiger partial charge >= 0.3 is 0 Å². The predicted molar refractivity (Wildman–Crippen MR) is 95.1 cm³/mol. The molecule has 3 aliphatic rings. The van der Waals surface area contributed by atoms with E-state index >= 15 is 0 Å². The van der Waals surface area contributed by atoms with Gasteiger partial charge in [0.15, 0.2) is 0 Å². The van der Waals surface area contributed by atoms with E-state index in [2.05, 4.69) is 10.2 Å². The molecule has 0 unspecified atom stereocenters. The minimum Gasteiger partial charge on any atom is -0.340 e. The van der Waals surface area contributed by atoms with E-state index in [0.29, 0.717) is 6.04 Å². The van der Waals surface area contributed by atoms with Crippen LogP contribution in [0.5, 0.6) is 0 Å². The first kappa shape index (κ1) is 16.0. The molecular weight excluding hydrogens is 322 g/mol. The van der Waals surface area contributed by atoms with Crippen LogP contribution in [0.15, 0.2) is 29.2 Å². The number of para-hydroxylation sites is 1. The highest BCUT2D eigenvalue weighted by Gasteiger charge is 2.34. The molecule has 2 atom stereocenters. The number of nitrogens with zero attached hydrogens (tertiary/aromatic N) is 2. The van der Waals surface area contributed by atoms with Crippen LogP contribution in [0.25, 0.3) is 0 Å². The Bertz CT molecular complexity index is 651. The van der Waals surface area contributed by atoms with Crippen molar-refractivity contribution in [1.29, 1.82) is 0 Å². The fourth-order valence-corrected chi connectivity index (χ4v) is 5.00. The number of piperidine rings is 1. The normalized spacial score (nSPS) is 27.2. The number of thioether (sulfide) groups is 1. The Morgan fingerprint density at radius 3 is 3.00 bits per heavy atom. The summed E-state index contributed by atoms with van der Waals surface area (Å²) in [6.07, 6.45) is 4.02. The SMILES string of the molecule is O=C1Nc2ccccc2S[C@@H]1CC(=O)N1CCN2CCCC[C@@H]2C1. The first-order chi connectivity index (χ1) is 11.7. The Balaban J connectivity index is 1.38. The average molecular weight is 345 g/mol. The molecule has 0 aliphatic carbocycles. The molecule has 4 rings (SSSR count). The van der Waals surface area contributed by atoms with Crippen LogP contribution in [0, 0.1) is 0 Å². The number of rotatable bonds is 2. The van der Waals surface area contributed by atoms with Crippen LogP contribution in [0.2, 0.25) is 0 Å². The average Bonchev–Trinajstić information content (AvgIpc) is 2.62. The van der Waals surface area contributed by atoms with Gasteiger partial charge in [-0.15, -0.1) is 11.8 Å². The summed E-state index contributed by atoms with van der Waals surface area (Å²) in [5.74, 6) is 0.0654. The Morgan fingerprint density at radius 1 is 1.21 bits per heavy atom. The van der Waals surface area contributed by atoms with E-state index in [1.54, 1.807) is 0 Å². The number of nitrogens with one attached hydrogen (secondary N) is 1. The Kier molecular flexibility index (Phi) is 4.50. The Hall–Kier alpha value is -1.53. The number of amides is 2. The van der Waals surface area contributed by atoms with Crippen LogP contribution in [0.1, 0.15) is 25.7 Å². The third kappa shape index (κ3) is 3.17. The molecule has 0 saturated carbocycles. The highest BCUT2D eigenvalue weighted by atomic mass is 32.2. The first-order valence-electron chi connectivity index (χ1n) is 8.79. The topological polar surface area (TPSA) is 52.7 Å². The van der Waals surface area contributed by atoms with E-state index in [-0.39, 0.29) is 23.5 Å². The van der Waals surface area contributed by atoms with Crippen molar-refractivity contribution in [2.75, 3.05) is 31.5 Å². The molecule has 1 aromatic rings. The predicted octanol–water partition coefficient (Wildman–Crippen LogP) is 2.19. The monoisotopic (exact) mass is 345 g/mol. The van der Waals surface area contributed by atoms with Gasteiger partial charge in [0.05, 0.1) is 10.9 Å². The molecule has 2 amide bonds. The molecule has 3 heterocycles. The van der Waals surface area contributed by atoms with E-state index in [1.165, 1.54) is 37.6 Å². The summed E-state index contributed by atoms with van der Waals surface area (Å²) in [6, 6.07) is 8.29. The lowest BCUT2D eigenvalue weighted by molar-refractivity contribution is -0.135. The van der Waals surface area contributed by atoms with Crippen molar-refractivity contribution in [1.82, 2.24) is 9.80 Å². The maximum Gasteiger partial charge on any atom is 0.238 e. The second kappa shape index (κ2) is 6.76. The van der Waals surface area contributed by atoms with Crippen LogP contribution in [0.3, 0.4) is 0 Å². The maximum absolute atomic E-state index is 12.7. The van der Waals surface area contributed by atoms with Gasteiger partial charge in [0.25, 0.3) is 0 Å². The Morgan fingerprint density at radius 2 is 2.08 bits per heavy atom. The van der Waals surface area contributed by atoms with Gasteiger partial charge in [0, 0.05) is 37.0 Å². The quantitative estimate of drug-likeness (QED) is 0.893. The zero-order valence-electron chi connectivity index (χ0n) is 13.7. The molecule has 24 heavy (non-hydrogen) atoms. The molecule has 1 N–H and O–H groups in total. The van der Waals surface area contributed by atoms with E-state index < -0.39 is 0 Å². The maximum atomic E-state index is 12.7. The van der Waals surface area contributed by atoms with Gasteiger partial charge in [0.2, 0.25) is 11.8 Å². The second-order valence-electron chi connectivity index (χ2n) is 6.82. The molecule has 0 spiro atoms. The van der Waals surface area contributed by atoms with Crippen molar-refractivity contribution < 1.29 is 9.59 Å². The summed E-state index contributed by atoms with van der Waals surface area (Å²) >= 11 is 1.51. The van der Waals surface area contributed by atoms with E-state index in [4.69, 9.17) is 0 Å². The minimum atomic E-state index is -0.322. The summed E-state index contributed by atoms with van der Waals surface area (Å²) < 4.78 is 0.